The molecule has 1 unspecified atom stereocenters. The highest BCUT2D eigenvalue weighted by molar-refractivity contribution is 7.15. The van der Waals surface area contributed by atoms with Crippen LogP contribution in [0.15, 0.2) is 143 Å². The van der Waals surface area contributed by atoms with Gasteiger partial charge in [-0.3, -0.25) is 56.1 Å². The second-order valence-corrected chi connectivity index (χ2v) is 17.4. The number of hydrogen-bond acceptors (Lipinski definition) is 9. The van der Waals surface area contributed by atoms with Gasteiger partial charge in [-0.25, -0.2) is 14.4 Å². The van der Waals surface area contributed by atoms with Crippen molar-refractivity contribution in [1.82, 2.24) is 32.1 Å². The fourth-order valence-corrected chi connectivity index (χ4v) is 8.07. The number of carbonyl (C=O) groups is 2. The Morgan fingerprint density at radius 1 is 0.603 bits per heavy atom. The molecule has 0 spiro atoms. The van der Waals surface area contributed by atoms with Gasteiger partial charge in [0.1, 0.15) is 4.83 Å². The molecule has 15 nitrogen and oxygen atoms in total. The number of rotatable bonds is 5. The van der Waals surface area contributed by atoms with Gasteiger partial charge in [0.25, 0.3) is 22.6 Å². The molecule has 2 aliphatic rings. The molecule has 2 aromatic carbocycles. The standard InChI is InChI=1S/C14H16N2O2.C13H15NO2.C12H14N2O2.C9H10N2O2S.2C2H6/c1-10(2)16-13(17)8-9-15(14(16)18)12-6-4-11(3)5-7-12;1-8(2)14-12(15)9(3)10-6-4-5-7-11(10)13(14)16;1-8(2)14-11(15)9-6-4-5-7-10(9)13(3)12(14)16;1-6(2)11-7(12)5-8-10(9(11)13)3-4-14-8;2*1-2/h4-10H,1-3H3;4-8,11H,1-3H3;4-8H,1-3H3;3-6H,1-2H3;2*1-2H3. The third-order valence-corrected chi connectivity index (χ3v) is 11.4. The van der Waals surface area contributed by atoms with Crippen molar-refractivity contribution in [3.05, 3.63) is 182 Å². The fourth-order valence-electron chi connectivity index (χ4n) is 7.33. The lowest BCUT2D eigenvalue weighted by Gasteiger charge is -2.34. The first-order valence-electron chi connectivity index (χ1n) is 22.9. The highest BCUT2D eigenvalue weighted by Gasteiger charge is 2.38. The van der Waals surface area contributed by atoms with Crippen LogP contribution in [-0.4, -0.2) is 50.0 Å². The number of aryl methyl sites for hydroxylation is 2. The van der Waals surface area contributed by atoms with E-state index < -0.39 is 0 Å². The molecule has 68 heavy (non-hydrogen) atoms. The Kier molecular flexibility index (Phi) is 20.1. The quantitative estimate of drug-likeness (QED) is 0.156. The maximum absolute atomic E-state index is 12.2. The van der Waals surface area contributed by atoms with E-state index >= 15 is 0 Å². The van der Waals surface area contributed by atoms with Crippen molar-refractivity contribution < 1.29 is 9.59 Å². The summed E-state index contributed by atoms with van der Waals surface area (Å²) in [6, 6.07) is 17.2. The van der Waals surface area contributed by atoms with Gasteiger partial charge in [0.15, 0.2) is 0 Å². The van der Waals surface area contributed by atoms with E-state index in [-0.39, 0.29) is 75.6 Å². The minimum Gasteiger partial charge on any atom is -0.296 e. The van der Waals surface area contributed by atoms with Crippen LogP contribution < -0.4 is 33.7 Å². The maximum atomic E-state index is 12.2. The third-order valence-electron chi connectivity index (χ3n) is 10.6. The molecule has 0 fully saturated rings. The van der Waals surface area contributed by atoms with Gasteiger partial charge in [-0.1, -0.05) is 81.8 Å². The van der Waals surface area contributed by atoms with Crippen molar-refractivity contribution in [2.45, 2.75) is 121 Å². The van der Waals surface area contributed by atoms with Gasteiger partial charge in [0.05, 0.1) is 22.5 Å². The molecule has 0 N–H and O–H groups in total. The zero-order valence-electron chi connectivity index (χ0n) is 42.0. The van der Waals surface area contributed by atoms with E-state index in [0.717, 1.165) is 16.8 Å². The van der Waals surface area contributed by atoms with E-state index in [1.807, 2.05) is 145 Å². The number of benzene rings is 2. The van der Waals surface area contributed by atoms with Crippen LogP contribution in [0.25, 0.3) is 21.4 Å². The zero-order chi connectivity index (χ0) is 51.3. The smallest absolute Gasteiger partial charge is 0.296 e. The van der Waals surface area contributed by atoms with Crippen molar-refractivity contribution >= 4 is 38.9 Å². The Morgan fingerprint density at radius 2 is 1.18 bits per heavy atom. The molecule has 1 atom stereocenters. The predicted octanol–water partition coefficient (Wildman–Crippen LogP) is 8.15. The number of hydrogen-bond donors (Lipinski definition) is 0. The highest BCUT2D eigenvalue weighted by Crippen LogP contribution is 2.31. The van der Waals surface area contributed by atoms with Gasteiger partial charge in [-0.15, -0.1) is 11.3 Å². The number of allylic oxidation sites excluding steroid dienone is 3. The topological polar surface area (TPSA) is 169 Å². The average molecular weight is 950 g/mol. The van der Waals surface area contributed by atoms with Crippen LogP contribution in [0, 0.1) is 12.8 Å². The Labute approximate surface area is 400 Å². The zero-order valence-corrected chi connectivity index (χ0v) is 42.8. The Balaban J connectivity index is 0.000000235. The van der Waals surface area contributed by atoms with Gasteiger partial charge in [-0.2, -0.15) is 0 Å². The molecule has 364 valence electrons. The summed E-state index contributed by atoms with van der Waals surface area (Å²) in [5, 5.41) is 2.37. The van der Waals surface area contributed by atoms with E-state index in [2.05, 4.69) is 0 Å². The largest absolute Gasteiger partial charge is 0.336 e. The number of para-hydroxylation sites is 1. The van der Waals surface area contributed by atoms with Gasteiger partial charge in [0.2, 0.25) is 5.91 Å². The molecule has 16 heteroatoms. The molecule has 1 aliphatic heterocycles. The monoisotopic (exact) mass is 949 g/mol. The molecular formula is C52H67N7O8S. The lowest BCUT2D eigenvalue weighted by molar-refractivity contribution is -0.147. The lowest BCUT2D eigenvalue weighted by Crippen LogP contribution is -2.49. The van der Waals surface area contributed by atoms with Gasteiger partial charge in [0, 0.05) is 66.7 Å². The summed E-state index contributed by atoms with van der Waals surface area (Å²) >= 11 is 1.39. The van der Waals surface area contributed by atoms with E-state index in [0.29, 0.717) is 21.3 Å². The summed E-state index contributed by atoms with van der Waals surface area (Å²) in [5.41, 5.74) is 2.55. The summed E-state index contributed by atoms with van der Waals surface area (Å²) in [6.07, 6.45) is 10.6. The van der Waals surface area contributed by atoms with Gasteiger partial charge in [-0.05, 0) is 99.1 Å². The van der Waals surface area contributed by atoms with Crippen molar-refractivity contribution in [2.75, 3.05) is 0 Å². The van der Waals surface area contributed by atoms with Crippen LogP contribution in [0.5, 0.6) is 0 Å². The minimum absolute atomic E-state index is 0.0872. The van der Waals surface area contributed by atoms with Crippen LogP contribution in [0.3, 0.4) is 0 Å². The molecule has 2 amide bonds. The van der Waals surface area contributed by atoms with Crippen LogP contribution in [0.4, 0.5) is 0 Å². The Morgan fingerprint density at radius 3 is 1.75 bits per heavy atom. The summed E-state index contributed by atoms with van der Waals surface area (Å²) in [6.45, 7) is 26.4. The van der Waals surface area contributed by atoms with Crippen molar-refractivity contribution in [3.63, 3.8) is 0 Å². The molecule has 4 aromatic heterocycles. The van der Waals surface area contributed by atoms with Crippen LogP contribution in [0.1, 0.15) is 114 Å². The van der Waals surface area contributed by atoms with Crippen LogP contribution >= 0.6 is 11.3 Å². The highest BCUT2D eigenvalue weighted by atomic mass is 32.1. The van der Waals surface area contributed by atoms with Gasteiger partial charge < -0.3 is 0 Å². The van der Waals surface area contributed by atoms with Crippen molar-refractivity contribution in [2.24, 2.45) is 13.0 Å². The van der Waals surface area contributed by atoms with Gasteiger partial charge >= 0.3 is 17.1 Å². The first-order chi connectivity index (χ1) is 32.2. The third kappa shape index (κ3) is 12.1. The molecule has 0 bridgehead atoms. The van der Waals surface area contributed by atoms with E-state index in [1.165, 1.54) is 61.8 Å². The second-order valence-electron chi connectivity index (χ2n) is 16.5. The number of carbonyl (C=O) groups excluding carboxylic acids is 2. The van der Waals surface area contributed by atoms with E-state index in [9.17, 15) is 38.4 Å². The summed E-state index contributed by atoms with van der Waals surface area (Å²) in [4.78, 5) is 97.5. The predicted molar refractivity (Wildman–Crippen MR) is 276 cm³/mol. The average Bonchev–Trinajstić information content (AvgIpc) is 3.79. The minimum atomic E-state index is -0.304. The molecule has 1 aliphatic carbocycles. The number of imide groups is 1. The molecule has 5 heterocycles. The first kappa shape index (κ1) is 55.4. The summed E-state index contributed by atoms with van der Waals surface area (Å²) < 4.78 is 8.27. The van der Waals surface area contributed by atoms with E-state index in [4.69, 9.17) is 0 Å². The fraction of sp³-hybridized carbons (Fsp3) is 0.385. The van der Waals surface area contributed by atoms with Crippen molar-refractivity contribution in [1.29, 1.82) is 0 Å². The number of amides is 2. The normalized spacial score (nSPS) is 13.8. The van der Waals surface area contributed by atoms with E-state index in [1.54, 1.807) is 43.7 Å². The Bertz CT molecular complexity index is 3190. The van der Waals surface area contributed by atoms with Crippen LogP contribution in [0.2, 0.25) is 0 Å². The molecule has 0 saturated carbocycles. The number of nitrogens with zero attached hydrogens (tertiary/aromatic N) is 7. The summed E-state index contributed by atoms with van der Waals surface area (Å²) in [7, 11) is 1.68. The molecule has 0 radical (unpaired) electrons. The first-order valence-corrected chi connectivity index (χ1v) is 23.8. The van der Waals surface area contributed by atoms with Crippen molar-refractivity contribution in [3.8, 4) is 5.69 Å². The molecule has 8 rings (SSSR count). The maximum Gasteiger partial charge on any atom is 0.336 e. The SMILES string of the molecule is CC.CC.CC(C)n1c(=O)c2ccccc2n(C)c1=O.CC(C)n1c(=O)cc2sccn2c1=O.CC1=C2C=CC=CC2C(=O)N(C(C)C)C1=O.Cc1ccc(-n2ccc(=O)n(C(C)C)c2=O)cc1. The summed E-state index contributed by atoms with van der Waals surface area (Å²) in [5.74, 6) is -0.544. The molecular weight excluding hydrogens is 883 g/mol. The lowest BCUT2D eigenvalue weighted by atomic mass is 9.85. The number of aromatic nitrogens is 6. The Hall–Kier alpha value is -6.94. The molecule has 6 aromatic rings. The number of fused-ring (bicyclic) bond motifs is 3. The molecule has 0 saturated heterocycles. The van der Waals surface area contributed by atoms with Crippen LogP contribution in [-0.2, 0) is 16.6 Å². The number of thiazole rings is 1. The second kappa shape index (κ2) is 24.7.